The molecule has 96 valence electrons. The van der Waals surface area contributed by atoms with Crippen molar-refractivity contribution in [3.63, 3.8) is 0 Å². The van der Waals surface area contributed by atoms with Crippen LogP contribution in [0, 0.1) is 5.41 Å². The van der Waals surface area contributed by atoms with Gasteiger partial charge in [-0.05, 0) is 31.9 Å². The molecule has 0 saturated carbocycles. The minimum atomic E-state index is 0.191. The third kappa shape index (κ3) is 2.21. The largest absolute Gasteiger partial charge is 0.340 e. The van der Waals surface area contributed by atoms with Gasteiger partial charge in [0, 0.05) is 26.9 Å². The monoisotopic (exact) mass is 382 g/mol. The van der Waals surface area contributed by atoms with E-state index in [4.69, 9.17) is 5.41 Å². The molecule has 3 rings (SSSR count). The van der Waals surface area contributed by atoms with Crippen LogP contribution in [0.4, 0.5) is 0 Å². The van der Waals surface area contributed by atoms with E-state index in [9.17, 15) is 0 Å². The molecule has 0 spiro atoms. The van der Waals surface area contributed by atoms with Crippen molar-refractivity contribution >= 4 is 43.0 Å². The lowest BCUT2D eigenvalue weighted by atomic mass is 10.2. The maximum atomic E-state index is 7.72. The lowest BCUT2D eigenvalue weighted by Gasteiger charge is -2.10. The number of hydrogen-bond donors (Lipinski definition) is 2. The molecule has 0 aliphatic rings. The molecule has 3 heterocycles. The maximum absolute atomic E-state index is 7.72. The van der Waals surface area contributed by atoms with E-state index in [1.54, 1.807) is 25.0 Å². The molecular weight excluding hydrogens is 376 g/mol. The number of fused-ring (bicyclic) bond motifs is 1. The van der Waals surface area contributed by atoms with Gasteiger partial charge >= 0.3 is 0 Å². The molecule has 0 amide bonds. The fraction of sp³-hybridized carbons (Fsp3) is 0.0909. The Morgan fingerprint density at radius 3 is 2.68 bits per heavy atom. The summed E-state index contributed by atoms with van der Waals surface area (Å²) in [5.74, 6) is 0. The highest BCUT2D eigenvalue weighted by molar-refractivity contribution is 9.11. The van der Waals surface area contributed by atoms with Gasteiger partial charge in [-0.25, -0.2) is 9.97 Å². The molecule has 2 N–H and O–H groups in total. The number of hydrogen-bond acceptors (Lipinski definition) is 4. The second-order valence-electron chi connectivity index (χ2n) is 3.90. The highest BCUT2D eigenvalue weighted by atomic mass is 79.9. The fourth-order valence-electron chi connectivity index (χ4n) is 1.80. The van der Waals surface area contributed by atoms with Crippen molar-refractivity contribution in [3.05, 3.63) is 45.0 Å². The molecule has 0 saturated heterocycles. The third-order valence-corrected chi connectivity index (χ3v) is 4.10. The van der Waals surface area contributed by atoms with E-state index >= 15 is 0 Å². The lowest BCUT2D eigenvalue weighted by Crippen LogP contribution is -2.13. The van der Waals surface area contributed by atoms with E-state index in [0.29, 0.717) is 17.7 Å². The highest BCUT2D eigenvalue weighted by Gasteiger charge is 2.09. The van der Waals surface area contributed by atoms with Crippen LogP contribution in [-0.4, -0.2) is 24.5 Å². The van der Waals surface area contributed by atoms with Crippen LogP contribution in [0.25, 0.3) is 11.2 Å². The van der Waals surface area contributed by atoms with Crippen molar-refractivity contribution in [2.45, 2.75) is 6.54 Å². The summed E-state index contributed by atoms with van der Waals surface area (Å²) < 4.78 is 3.70. The zero-order valence-electron chi connectivity index (χ0n) is 9.56. The van der Waals surface area contributed by atoms with Crippen LogP contribution in [0.15, 0.2) is 34.0 Å². The summed E-state index contributed by atoms with van der Waals surface area (Å²) in [6, 6.07) is 0. The molecule has 6 nitrogen and oxygen atoms in total. The number of H-pyrrole nitrogens is 1. The normalized spacial score (nSPS) is 11.1. The molecule has 19 heavy (non-hydrogen) atoms. The fourth-order valence-corrected chi connectivity index (χ4v) is 2.98. The van der Waals surface area contributed by atoms with Gasteiger partial charge < -0.3 is 9.55 Å². The summed E-state index contributed by atoms with van der Waals surface area (Å²) in [7, 11) is 0. The second kappa shape index (κ2) is 4.86. The molecule has 3 aromatic heterocycles. The Morgan fingerprint density at radius 1 is 1.21 bits per heavy atom. The van der Waals surface area contributed by atoms with E-state index < -0.39 is 0 Å². The Kier molecular flexibility index (Phi) is 3.19. The molecule has 8 heteroatoms. The van der Waals surface area contributed by atoms with Gasteiger partial charge in [0.1, 0.15) is 5.52 Å². The van der Waals surface area contributed by atoms with Gasteiger partial charge in [0.25, 0.3) is 0 Å². The maximum Gasteiger partial charge on any atom is 0.173 e. The molecule has 0 radical (unpaired) electrons. The van der Waals surface area contributed by atoms with Gasteiger partial charge in [-0.2, -0.15) is 0 Å². The first kappa shape index (κ1) is 12.5. The number of aromatic amines is 1. The lowest BCUT2D eigenvalue weighted by molar-refractivity contribution is 0.776. The number of halogens is 2. The van der Waals surface area contributed by atoms with Gasteiger partial charge in [-0.3, -0.25) is 10.4 Å². The predicted octanol–water partition coefficient (Wildman–Crippen LogP) is 2.21. The molecule has 0 unspecified atom stereocenters. The predicted molar refractivity (Wildman–Crippen MR) is 76.5 cm³/mol. The number of nitrogens with one attached hydrogen (secondary N) is 2. The highest BCUT2D eigenvalue weighted by Crippen LogP contribution is 2.25. The number of nitrogens with zero attached hydrogens (tertiary/aromatic N) is 4. The van der Waals surface area contributed by atoms with Crippen LogP contribution >= 0.6 is 31.9 Å². The van der Waals surface area contributed by atoms with Crippen LogP contribution in [0.2, 0.25) is 0 Å². The summed E-state index contributed by atoms with van der Waals surface area (Å²) in [5.41, 5.74) is 2.57. The number of rotatable bonds is 2. The molecule has 0 fully saturated rings. The zero-order valence-corrected chi connectivity index (χ0v) is 12.7. The van der Waals surface area contributed by atoms with Gasteiger partial charge in [0.15, 0.2) is 11.1 Å². The molecule has 0 aliphatic heterocycles. The van der Waals surface area contributed by atoms with Crippen molar-refractivity contribution < 1.29 is 0 Å². The van der Waals surface area contributed by atoms with E-state index in [2.05, 4.69) is 51.8 Å². The molecule has 0 aliphatic carbocycles. The summed E-state index contributed by atoms with van der Waals surface area (Å²) in [6.45, 7) is 0.582. The summed E-state index contributed by atoms with van der Waals surface area (Å²) in [5, 5.41) is 7.72. The Balaban J connectivity index is 2.14. The number of aromatic nitrogens is 5. The van der Waals surface area contributed by atoms with Crippen molar-refractivity contribution in [3.8, 4) is 0 Å². The Morgan fingerprint density at radius 2 is 1.95 bits per heavy atom. The first-order chi connectivity index (χ1) is 9.16. The van der Waals surface area contributed by atoms with E-state index in [1.165, 1.54) is 0 Å². The minimum absolute atomic E-state index is 0.191. The summed E-state index contributed by atoms with van der Waals surface area (Å²) in [6.07, 6.45) is 6.67. The Hall–Kier alpha value is -1.54. The van der Waals surface area contributed by atoms with Crippen molar-refractivity contribution in [1.82, 2.24) is 24.5 Å². The van der Waals surface area contributed by atoms with Crippen molar-refractivity contribution in [2.75, 3.05) is 0 Å². The first-order valence-corrected chi connectivity index (χ1v) is 6.96. The SMILES string of the molecule is N=c1ncn(Cc2c(Br)cncc2Br)c2nc[nH]c12. The van der Waals surface area contributed by atoms with E-state index in [1.807, 2.05) is 4.57 Å². The van der Waals surface area contributed by atoms with Crippen LogP contribution in [-0.2, 0) is 6.54 Å². The molecule has 0 bridgehead atoms. The van der Waals surface area contributed by atoms with Crippen LogP contribution in [0.1, 0.15) is 5.56 Å². The van der Waals surface area contributed by atoms with Crippen LogP contribution < -0.4 is 5.49 Å². The van der Waals surface area contributed by atoms with Crippen molar-refractivity contribution in [1.29, 1.82) is 5.41 Å². The summed E-state index contributed by atoms with van der Waals surface area (Å²) >= 11 is 6.96. The van der Waals surface area contributed by atoms with Gasteiger partial charge in [-0.1, -0.05) is 0 Å². The topological polar surface area (TPSA) is 83.2 Å². The standard InChI is InChI=1S/C11H8Br2N6/c12-7-1-15-2-8(13)6(7)3-19-5-18-10(14)9-11(19)17-4-16-9/h1-2,4-5,14H,3H2,(H,16,17). The molecule has 0 atom stereocenters. The van der Waals surface area contributed by atoms with Crippen LogP contribution in [0.5, 0.6) is 0 Å². The average Bonchev–Trinajstić information content (AvgIpc) is 2.87. The van der Waals surface area contributed by atoms with Crippen LogP contribution in [0.3, 0.4) is 0 Å². The molecule has 3 aromatic rings. The van der Waals surface area contributed by atoms with Gasteiger partial charge in [-0.15, -0.1) is 0 Å². The quantitative estimate of drug-likeness (QED) is 0.711. The third-order valence-electron chi connectivity index (χ3n) is 2.74. The number of pyridine rings is 1. The Labute approximate surface area is 124 Å². The zero-order chi connectivity index (χ0) is 13.4. The van der Waals surface area contributed by atoms with E-state index in [-0.39, 0.29) is 5.49 Å². The Bertz CT molecular complexity index is 786. The minimum Gasteiger partial charge on any atom is -0.340 e. The molecular formula is C11H8Br2N6. The second-order valence-corrected chi connectivity index (χ2v) is 5.61. The van der Waals surface area contributed by atoms with E-state index in [0.717, 1.165) is 14.5 Å². The first-order valence-electron chi connectivity index (χ1n) is 5.38. The smallest absolute Gasteiger partial charge is 0.173 e. The van der Waals surface area contributed by atoms with Gasteiger partial charge in [0.05, 0.1) is 19.2 Å². The average molecular weight is 384 g/mol. The van der Waals surface area contributed by atoms with Crippen molar-refractivity contribution in [2.24, 2.45) is 0 Å². The van der Waals surface area contributed by atoms with Gasteiger partial charge in [0.2, 0.25) is 0 Å². The summed E-state index contributed by atoms with van der Waals surface area (Å²) in [4.78, 5) is 15.3. The number of imidazole rings is 1. The molecule has 0 aromatic carbocycles.